The van der Waals surface area contributed by atoms with E-state index < -0.39 is 7.72 Å². The van der Waals surface area contributed by atoms with Crippen molar-refractivity contribution < 1.29 is 9.05 Å². The fraction of sp³-hybridized carbons (Fsp3) is 0.417. The summed E-state index contributed by atoms with van der Waals surface area (Å²) in [4.78, 5) is 0. The van der Waals surface area contributed by atoms with Crippen molar-refractivity contribution in [3.05, 3.63) is 35.9 Å². The SMILES string of the molecule is CCO[P+](Cc1ccccc1)(OCC)C(=S)S. The molecule has 5 heteroatoms. The lowest BCUT2D eigenvalue weighted by Gasteiger charge is -2.21. The fourth-order valence-electron chi connectivity index (χ4n) is 1.55. The molecule has 0 aromatic heterocycles. The van der Waals surface area contributed by atoms with Gasteiger partial charge in [0.2, 0.25) is 3.94 Å². The van der Waals surface area contributed by atoms with E-state index in [1.165, 1.54) is 5.56 Å². The molecule has 0 saturated heterocycles. The van der Waals surface area contributed by atoms with Crippen LogP contribution < -0.4 is 0 Å². The molecule has 0 aliphatic heterocycles. The van der Waals surface area contributed by atoms with Gasteiger partial charge in [0.15, 0.2) is 0 Å². The summed E-state index contributed by atoms with van der Waals surface area (Å²) in [5.41, 5.74) is 1.17. The van der Waals surface area contributed by atoms with Crippen LogP contribution in [0.15, 0.2) is 30.3 Å². The molecular formula is C12H18O2PS2+. The zero-order valence-corrected chi connectivity index (χ0v) is 12.7. The van der Waals surface area contributed by atoms with Crippen molar-refractivity contribution >= 4 is 36.5 Å². The monoisotopic (exact) mass is 289 g/mol. The molecular weight excluding hydrogens is 271 g/mol. The molecule has 1 aromatic carbocycles. The zero-order chi connectivity index (χ0) is 12.7. The number of benzene rings is 1. The van der Waals surface area contributed by atoms with Crippen LogP contribution in [0.1, 0.15) is 19.4 Å². The van der Waals surface area contributed by atoms with E-state index in [-0.39, 0.29) is 0 Å². The van der Waals surface area contributed by atoms with Gasteiger partial charge in [-0.2, -0.15) is 9.05 Å². The summed E-state index contributed by atoms with van der Waals surface area (Å²) in [5.74, 6) is 0. The Morgan fingerprint density at radius 3 is 2.12 bits per heavy atom. The first-order chi connectivity index (χ1) is 8.14. The number of rotatable bonds is 7. The van der Waals surface area contributed by atoms with Gasteiger partial charge in [0.1, 0.15) is 6.16 Å². The van der Waals surface area contributed by atoms with Crippen LogP contribution in [0.25, 0.3) is 0 Å². The molecule has 0 radical (unpaired) electrons. The van der Waals surface area contributed by atoms with Crippen molar-refractivity contribution in [2.45, 2.75) is 20.0 Å². The minimum Gasteiger partial charge on any atom is -0.199 e. The van der Waals surface area contributed by atoms with E-state index in [0.29, 0.717) is 23.3 Å². The Bertz CT molecular complexity index is 351. The summed E-state index contributed by atoms with van der Waals surface area (Å²) < 4.78 is 12.2. The minimum absolute atomic E-state index is 0.546. The summed E-state index contributed by atoms with van der Waals surface area (Å²) in [6.45, 7) is 5.07. The number of thiocarbonyl (C=S) groups is 1. The van der Waals surface area contributed by atoms with E-state index in [1.54, 1.807) is 0 Å². The maximum Gasteiger partial charge on any atom is 0.328 e. The van der Waals surface area contributed by atoms with Crippen LogP contribution in [-0.2, 0) is 15.2 Å². The van der Waals surface area contributed by atoms with Crippen molar-refractivity contribution in [2.75, 3.05) is 13.2 Å². The first-order valence-electron chi connectivity index (χ1n) is 5.59. The number of hydrogen-bond acceptors (Lipinski definition) is 3. The summed E-state index contributed by atoms with van der Waals surface area (Å²) in [5, 5.41) is 0. The maximum atomic E-state index is 5.81. The van der Waals surface area contributed by atoms with Gasteiger partial charge in [-0.1, -0.05) is 43.0 Å². The standard InChI is InChI=1S/C12H17O2PS2/c1-3-13-15(12(16)17,14-4-2)10-11-8-6-5-7-9-11/h5-9H,3-4,10H2,1-2H3/p+1. The normalized spacial score (nSPS) is 11.5. The highest BCUT2D eigenvalue weighted by Crippen LogP contribution is 2.65. The lowest BCUT2D eigenvalue weighted by molar-refractivity contribution is 0.259. The molecule has 0 N–H and O–H groups in total. The van der Waals surface area contributed by atoms with Crippen molar-refractivity contribution in [3.8, 4) is 0 Å². The molecule has 94 valence electrons. The molecule has 2 nitrogen and oxygen atoms in total. The summed E-state index contributed by atoms with van der Waals surface area (Å²) in [6, 6.07) is 10.1. The van der Waals surface area contributed by atoms with Crippen molar-refractivity contribution in [3.63, 3.8) is 0 Å². The molecule has 0 aliphatic carbocycles. The number of hydrogen-bond donors (Lipinski definition) is 1. The molecule has 0 atom stereocenters. The molecule has 1 rings (SSSR count). The van der Waals surface area contributed by atoms with Gasteiger partial charge in [-0.25, -0.2) is 0 Å². The highest BCUT2D eigenvalue weighted by molar-refractivity contribution is 8.29. The molecule has 17 heavy (non-hydrogen) atoms. The summed E-state index contributed by atoms with van der Waals surface area (Å²) in [7, 11) is -2.19. The fourth-order valence-corrected chi connectivity index (χ4v) is 4.75. The van der Waals surface area contributed by atoms with Crippen LogP contribution in [0, 0.1) is 0 Å². The predicted octanol–water partition coefficient (Wildman–Crippen LogP) is 4.32. The average molecular weight is 289 g/mol. The van der Waals surface area contributed by atoms with Crippen LogP contribution in [0.3, 0.4) is 0 Å². The van der Waals surface area contributed by atoms with E-state index in [2.05, 4.69) is 24.8 Å². The van der Waals surface area contributed by atoms with E-state index >= 15 is 0 Å². The van der Waals surface area contributed by atoms with Gasteiger partial charge in [0, 0.05) is 0 Å². The van der Waals surface area contributed by atoms with E-state index in [4.69, 9.17) is 21.3 Å². The maximum absolute atomic E-state index is 5.81. The van der Waals surface area contributed by atoms with Crippen molar-refractivity contribution in [2.24, 2.45) is 0 Å². The van der Waals surface area contributed by atoms with Gasteiger partial charge >= 0.3 is 7.72 Å². The Morgan fingerprint density at radius 2 is 1.71 bits per heavy atom. The molecule has 0 aliphatic rings. The smallest absolute Gasteiger partial charge is 0.199 e. The number of thiol groups is 1. The Kier molecular flexibility index (Phi) is 6.60. The minimum atomic E-state index is -2.19. The second-order valence-corrected chi connectivity index (χ2v) is 7.88. The first-order valence-corrected chi connectivity index (χ1v) is 8.25. The lowest BCUT2D eigenvalue weighted by Crippen LogP contribution is -2.11. The van der Waals surface area contributed by atoms with Gasteiger partial charge in [0.05, 0.1) is 13.2 Å². The van der Waals surface area contributed by atoms with Gasteiger partial charge in [-0.05, 0) is 31.6 Å². The van der Waals surface area contributed by atoms with Gasteiger partial charge in [-0.3, -0.25) is 0 Å². The van der Waals surface area contributed by atoms with Crippen LogP contribution in [0.2, 0.25) is 0 Å². The average Bonchev–Trinajstić information content (AvgIpc) is 2.30. The highest BCUT2D eigenvalue weighted by Gasteiger charge is 2.46. The Hall–Kier alpha value is 0.01000. The first kappa shape index (κ1) is 15.1. The third kappa shape index (κ3) is 4.31. The quantitative estimate of drug-likeness (QED) is 0.458. The van der Waals surface area contributed by atoms with Gasteiger partial charge in [-0.15, -0.1) is 0 Å². The molecule has 0 amide bonds. The van der Waals surface area contributed by atoms with Crippen LogP contribution in [0.4, 0.5) is 0 Å². The van der Waals surface area contributed by atoms with Crippen molar-refractivity contribution in [1.82, 2.24) is 0 Å². The lowest BCUT2D eigenvalue weighted by atomic mass is 10.2. The van der Waals surface area contributed by atoms with E-state index in [1.807, 2.05) is 32.0 Å². The largest absolute Gasteiger partial charge is 0.328 e. The summed E-state index contributed by atoms with van der Waals surface area (Å²) in [6.07, 6.45) is 0.692. The zero-order valence-electron chi connectivity index (χ0n) is 10.1. The predicted molar refractivity (Wildman–Crippen MR) is 81.9 cm³/mol. The van der Waals surface area contributed by atoms with Gasteiger partial charge in [0.25, 0.3) is 0 Å². The highest BCUT2D eigenvalue weighted by atomic mass is 32.1. The van der Waals surface area contributed by atoms with Crippen LogP contribution >= 0.6 is 32.6 Å². The summed E-state index contributed by atoms with van der Waals surface area (Å²) >= 11 is 9.53. The Labute approximate surface area is 115 Å². The molecule has 0 saturated carbocycles. The van der Waals surface area contributed by atoms with Crippen LogP contribution in [0.5, 0.6) is 0 Å². The van der Waals surface area contributed by atoms with Gasteiger partial charge < -0.3 is 0 Å². The molecule has 0 spiro atoms. The third-order valence-electron chi connectivity index (χ3n) is 2.20. The third-order valence-corrected chi connectivity index (χ3v) is 6.66. The Morgan fingerprint density at radius 1 is 1.18 bits per heavy atom. The van der Waals surface area contributed by atoms with E-state index in [9.17, 15) is 0 Å². The van der Waals surface area contributed by atoms with Crippen LogP contribution in [-0.4, -0.2) is 17.2 Å². The topological polar surface area (TPSA) is 18.5 Å². The molecule has 1 aromatic rings. The van der Waals surface area contributed by atoms with E-state index in [0.717, 1.165) is 0 Å². The Balaban J connectivity index is 2.92. The molecule has 0 heterocycles. The van der Waals surface area contributed by atoms with Crippen molar-refractivity contribution in [1.29, 1.82) is 0 Å². The second kappa shape index (κ2) is 7.45. The molecule has 0 bridgehead atoms. The second-order valence-electron chi connectivity index (χ2n) is 3.44. The molecule has 0 unspecified atom stereocenters. The molecule has 0 fully saturated rings.